The van der Waals surface area contributed by atoms with Crippen LogP contribution in [-0.4, -0.2) is 28.7 Å². The van der Waals surface area contributed by atoms with Gasteiger partial charge >= 0.3 is 5.97 Å². The van der Waals surface area contributed by atoms with Gasteiger partial charge in [0.05, 0.1) is 5.39 Å². The third-order valence-corrected chi connectivity index (χ3v) is 6.10. The number of carbonyl (C=O) groups excluding carboxylic acids is 1. The first-order valence-electron chi connectivity index (χ1n) is 9.48. The molecule has 0 bridgehead atoms. The lowest BCUT2D eigenvalue weighted by molar-refractivity contribution is -0.145. The Morgan fingerprint density at radius 2 is 1.96 bits per heavy atom. The van der Waals surface area contributed by atoms with Gasteiger partial charge < -0.3 is 9.47 Å². The Morgan fingerprint density at radius 3 is 2.79 bits per heavy atom. The second-order valence-electron chi connectivity index (χ2n) is 6.82. The highest BCUT2D eigenvalue weighted by atomic mass is 32.1. The van der Waals surface area contributed by atoms with Crippen molar-refractivity contribution in [3.8, 4) is 5.75 Å². The summed E-state index contributed by atoms with van der Waals surface area (Å²) in [6.45, 7) is 2.01. The predicted octanol–water partition coefficient (Wildman–Crippen LogP) is 3.27. The van der Waals surface area contributed by atoms with E-state index in [1.165, 1.54) is 9.44 Å². The van der Waals surface area contributed by atoms with Crippen LogP contribution in [0.15, 0.2) is 35.1 Å². The van der Waals surface area contributed by atoms with E-state index in [2.05, 4.69) is 4.98 Å². The molecule has 0 atom stereocenters. The molecule has 0 aliphatic heterocycles. The minimum Gasteiger partial charge on any atom is -0.490 e. The highest BCUT2D eigenvalue weighted by Crippen LogP contribution is 2.33. The van der Waals surface area contributed by atoms with Crippen LogP contribution >= 0.6 is 11.3 Å². The summed E-state index contributed by atoms with van der Waals surface area (Å²) in [7, 11) is 0. The molecule has 3 aromatic rings. The lowest BCUT2D eigenvalue weighted by Gasteiger charge is -2.12. The zero-order valence-corrected chi connectivity index (χ0v) is 16.6. The van der Waals surface area contributed by atoms with E-state index in [-0.39, 0.29) is 25.3 Å². The number of rotatable bonds is 6. The third kappa shape index (κ3) is 3.80. The van der Waals surface area contributed by atoms with Gasteiger partial charge in [0.2, 0.25) is 0 Å². The third-order valence-electron chi connectivity index (χ3n) is 4.91. The van der Waals surface area contributed by atoms with Gasteiger partial charge in [-0.05, 0) is 50.3 Å². The van der Waals surface area contributed by atoms with Crippen LogP contribution in [0.2, 0.25) is 0 Å². The highest BCUT2D eigenvalue weighted by molar-refractivity contribution is 7.18. The summed E-state index contributed by atoms with van der Waals surface area (Å²) in [6.07, 6.45) is 4.18. The van der Waals surface area contributed by atoms with Crippen LogP contribution in [0, 0.1) is 6.92 Å². The van der Waals surface area contributed by atoms with Gasteiger partial charge in [-0.2, -0.15) is 0 Å². The molecule has 1 aromatic carbocycles. The summed E-state index contributed by atoms with van der Waals surface area (Å²) < 4.78 is 12.2. The Hall–Kier alpha value is -2.67. The van der Waals surface area contributed by atoms with E-state index in [1.807, 2.05) is 30.3 Å². The average molecular weight is 398 g/mol. The van der Waals surface area contributed by atoms with E-state index in [1.54, 1.807) is 18.3 Å². The maximum atomic E-state index is 13.0. The summed E-state index contributed by atoms with van der Waals surface area (Å²) in [5.74, 6) is 0.795. The second-order valence-corrected chi connectivity index (χ2v) is 7.91. The SMILES string of the molecule is Cc1nc2sc3c(c2c(=O)n1CC(=O)OCCOc1ccccc1)CCCC3. The van der Waals surface area contributed by atoms with Gasteiger partial charge in [-0.3, -0.25) is 14.2 Å². The molecule has 2 aromatic heterocycles. The summed E-state index contributed by atoms with van der Waals surface area (Å²) in [6, 6.07) is 9.34. The van der Waals surface area contributed by atoms with E-state index in [0.717, 1.165) is 41.8 Å². The molecule has 0 spiro atoms. The quantitative estimate of drug-likeness (QED) is 0.471. The molecule has 0 amide bonds. The fourth-order valence-corrected chi connectivity index (χ4v) is 4.83. The molecule has 146 valence electrons. The van der Waals surface area contributed by atoms with Crippen molar-refractivity contribution in [1.29, 1.82) is 0 Å². The first kappa shape index (κ1) is 18.7. The molecule has 1 aliphatic rings. The van der Waals surface area contributed by atoms with Crippen molar-refractivity contribution in [2.24, 2.45) is 0 Å². The van der Waals surface area contributed by atoms with Gasteiger partial charge in [0.1, 0.15) is 36.2 Å². The lowest BCUT2D eigenvalue weighted by Crippen LogP contribution is -2.29. The molecule has 0 radical (unpaired) electrons. The molecule has 6 nitrogen and oxygen atoms in total. The number of carbonyl (C=O) groups is 1. The van der Waals surface area contributed by atoms with Crippen LogP contribution in [0.5, 0.6) is 5.75 Å². The number of nitrogens with zero attached hydrogens (tertiary/aromatic N) is 2. The van der Waals surface area contributed by atoms with E-state index in [0.29, 0.717) is 11.2 Å². The van der Waals surface area contributed by atoms with Gasteiger partial charge in [-0.25, -0.2) is 4.98 Å². The van der Waals surface area contributed by atoms with Gasteiger partial charge in [-0.15, -0.1) is 11.3 Å². The summed E-state index contributed by atoms with van der Waals surface area (Å²) >= 11 is 1.61. The molecule has 2 heterocycles. The van der Waals surface area contributed by atoms with Gasteiger partial charge in [-0.1, -0.05) is 18.2 Å². The van der Waals surface area contributed by atoms with Crippen LogP contribution in [0.4, 0.5) is 0 Å². The number of hydrogen-bond acceptors (Lipinski definition) is 6. The number of para-hydroxylation sites is 1. The molecule has 0 saturated carbocycles. The summed E-state index contributed by atoms with van der Waals surface area (Å²) in [5, 5.41) is 0.686. The summed E-state index contributed by atoms with van der Waals surface area (Å²) in [4.78, 5) is 31.9. The van der Waals surface area contributed by atoms with Crippen molar-refractivity contribution >= 4 is 27.5 Å². The van der Waals surface area contributed by atoms with Gasteiger partial charge in [0.15, 0.2) is 0 Å². The van der Waals surface area contributed by atoms with Crippen molar-refractivity contribution in [2.45, 2.75) is 39.2 Å². The van der Waals surface area contributed by atoms with Crippen LogP contribution in [-0.2, 0) is 28.9 Å². The number of ether oxygens (including phenoxy) is 2. The van der Waals surface area contributed by atoms with Crippen molar-refractivity contribution < 1.29 is 14.3 Å². The zero-order valence-electron chi connectivity index (χ0n) is 15.8. The number of esters is 1. The molecule has 0 unspecified atom stereocenters. The molecule has 0 fully saturated rings. The van der Waals surface area contributed by atoms with Crippen LogP contribution < -0.4 is 10.3 Å². The van der Waals surface area contributed by atoms with Gasteiger partial charge in [0.25, 0.3) is 5.56 Å². The van der Waals surface area contributed by atoms with Crippen LogP contribution in [0.3, 0.4) is 0 Å². The molecule has 0 saturated heterocycles. The number of thiophene rings is 1. The maximum absolute atomic E-state index is 13.0. The number of fused-ring (bicyclic) bond motifs is 3. The average Bonchev–Trinajstić information content (AvgIpc) is 3.07. The predicted molar refractivity (Wildman–Crippen MR) is 108 cm³/mol. The van der Waals surface area contributed by atoms with E-state index in [4.69, 9.17) is 9.47 Å². The van der Waals surface area contributed by atoms with Crippen molar-refractivity contribution in [1.82, 2.24) is 9.55 Å². The number of aromatic nitrogens is 2. The van der Waals surface area contributed by atoms with Crippen molar-refractivity contribution in [3.05, 3.63) is 57.0 Å². The Balaban J connectivity index is 1.44. The monoisotopic (exact) mass is 398 g/mol. The first-order chi connectivity index (χ1) is 13.6. The molecule has 0 N–H and O–H groups in total. The highest BCUT2D eigenvalue weighted by Gasteiger charge is 2.22. The molecule has 28 heavy (non-hydrogen) atoms. The maximum Gasteiger partial charge on any atom is 0.326 e. The fourth-order valence-electron chi connectivity index (χ4n) is 3.53. The first-order valence-corrected chi connectivity index (χ1v) is 10.3. The Kier molecular flexibility index (Phi) is 5.43. The minimum absolute atomic E-state index is 0.130. The van der Waals surface area contributed by atoms with Crippen molar-refractivity contribution in [2.75, 3.05) is 13.2 Å². The number of hydrogen-bond donors (Lipinski definition) is 0. The van der Waals surface area contributed by atoms with E-state index < -0.39 is 5.97 Å². The molecule has 1 aliphatic carbocycles. The zero-order chi connectivity index (χ0) is 19.5. The Labute approximate surface area is 166 Å². The minimum atomic E-state index is -0.466. The molecule has 7 heteroatoms. The van der Waals surface area contributed by atoms with E-state index >= 15 is 0 Å². The Bertz CT molecular complexity index is 1060. The largest absolute Gasteiger partial charge is 0.490 e. The second kappa shape index (κ2) is 8.14. The summed E-state index contributed by atoms with van der Waals surface area (Å²) in [5.41, 5.74) is 0.988. The van der Waals surface area contributed by atoms with Crippen molar-refractivity contribution in [3.63, 3.8) is 0 Å². The number of aryl methyl sites for hydroxylation is 3. The molecular weight excluding hydrogens is 376 g/mol. The van der Waals surface area contributed by atoms with Gasteiger partial charge in [0, 0.05) is 4.88 Å². The fraction of sp³-hybridized carbons (Fsp3) is 0.381. The Morgan fingerprint density at radius 1 is 1.18 bits per heavy atom. The topological polar surface area (TPSA) is 70.4 Å². The lowest BCUT2D eigenvalue weighted by atomic mass is 9.97. The standard InChI is InChI=1S/C21H22N2O4S/c1-14-22-20-19(16-9-5-6-10-17(16)28-20)21(25)23(14)13-18(24)27-12-11-26-15-7-3-2-4-8-15/h2-4,7-8H,5-6,9-13H2,1H3. The smallest absolute Gasteiger partial charge is 0.326 e. The normalized spacial score (nSPS) is 13.3. The molecule has 4 rings (SSSR count). The van der Waals surface area contributed by atoms with Crippen LogP contribution in [0.1, 0.15) is 29.1 Å². The number of benzene rings is 1. The molecular formula is C21H22N2O4S. The van der Waals surface area contributed by atoms with Crippen LogP contribution in [0.25, 0.3) is 10.2 Å². The van der Waals surface area contributed by atoms with E-state index in [9.17, 15) is 9.59 Å².